The molecule has 0 unspecified atom stereocenters. The van der Waals surface area contributed by atoms with Gasteiger partial charge < -0.3 is 10.6 Å². The predicted octanol–water partition coefficient (Wildman–Crippen LogP) is 4.13. The first kappa shape index (κ1) is 15.0. The van der Waals surface area contributed by atoms with Gasteiger partial charge in [0.25, 0.3) is 5.91 Å². The molecule has 0 bridgehead atoms. The van der Waals surface area contributed by atoms with Crippen molar-refractivity contribution in [1.29, 1.82) is 0 Å². The summed E-state index contributed by atoms with van der Waals surface area (Å²) in [5.74, 6) is 0.241. The zero-order valence-electron chi connectivity index (χ0n) is 12.0. The minimum absolute atomic E-state index is 0.246. The Labute approximate surface area is 138 Å². The molecule has 0 spiro atoms. The van der Waals surface area contributed by atoms with Gasteiger partial charge in [-0.15, -0.1) is 0 Å². The van der Waals surface area contributed by atoms with Crippen molar-refractivity contribution in [2.75, 3.05) is 10.6 Å². The molecule has 0 radical (unpaired) electrons. The van der Waals surface area contributed by atoms with Crippen molar-refractivity contribution in [2.24, 2.45) is 0 Å². The zero-order chi connectivity index (χ0) is 16.1. The minimum Gasteiger partial charge on any atom is -0.339 e. The minimum atomic E-state index is -0.304. The fraction of sp³-hybridized carbons (Fsp3) is 0. The number of aromatic nitrogens is 2. The van der Waals surface area contributed by atoms with E-state index in [1.54, 1.807) is 12.1 Å². The number of carbonyl (C=O) groups excluding carboxylic acids is 1. The summed E-state index contributed by atoms with van der Waals surface area (Å²) >= 11 is 5.84. The van der Waals surface area contributed by atoms with Gasteiger partial charge in [0.2, 0.25) is 0 Å². The summed E-state index contributed by atoms with van der Waals surface area (Å²) in [4.78, 5) is 20.4. The molecule has 0 saturated carbocycles. The van der Waals surface area contributed by atoms with Gasteiger partial charge in [0.05, 0.1) is 12.4 Å². The first-order chi connectivity index (χ1) is 11.2. The molecule has 3 rings (SSSR count). The second kappa shape index (κ2) is 6.89. The summed E-state index contributed by atoms with van der Waals surface area (Å²) in [6.07, 6.45) is 2.94. The van der Waals surface area contributed by atoms with Crippen LogP contribution in [0.3, 0.4) is 0 Å². The Hall–Kier alpha value is -2.92. The smallest absolute Gasteiger partial charge is 0.275 e. The highest BCUT2D eigenvalue weighted by Crippen LogP contribution is 2.17. The van der Waals surface area contributed by atoms with Crippen LogP contribution >= 0.6 is 11.6 Å². The highest BCUT2D eigenvalue weighted by molar-refractivity contribution is 6.30. The number of benzene rings is 2. The van der Waals surface area contributed by atoms with Crippen molar-refractivity contribution in [2.45, 2.75) is 0 Å². The van der Waals surface area contributed by atoms with Gasteiger partial charge in [-0.3, -0.25) is 4.79 Å². The van der Waals surface area contributed by atoms with E-state index in [-0.39, 0.29) is 11.6 Å². The van der Waals surface area contributed by atoms with Crippen molar-refractivity contribution in [1.82, 2.24) is 9.97 Å². The SMILES string of the molecule is O=C(Nc1ccccc1)c1cnc(Nc2ccc(Cl)cc2)cn1. The van der Waals surface area contributed by atoms with E-state index in [0.29, 0.717) is 16.5 Å². The Kier molecular flexibility index (Phi) is 4.49. The lowest BCUT2D eigenvalue weighted by molar-refractivity contribution is 0.102. The number of anilines is 3. The van der Waals surface area contributed by atoms with Gasteiger partial charge in [0.1, 0.15) is 11.5 Å². The Bertz CT molecular complexity index is 789. The lowest BCUT2D eigenvalue weighted by Gasteiger charge is -2.07. The van der Waals surface area contributed by atoms with Gasteiger partial charge >= 0.3 is 0 Å². The Balaban J connectivity index is 1.66. The highest BCUT2D eigenvalue weighted by Gasteiger charge is 2.08. The molecular weight excluding hydrogens is 312 g/mol. The molecule has 6 heteroatoms. The second-order valence-electron chi connectivity index (χ2n) is 4.74. The average molecular weight is 325 g/mol. The van der Waals surface area contributed by atoms with E-state index in [0.717, 1.165) is 5.69 Å². The van der Waals surface area contributed by atoms with Gasteiger partial charge in [0.15, 0.2) is 0 Å². The molecule has 0 saturated heterocycles. The van der Waals surface area contributed by atoms with Crippen LogP contribution in [0.1, 0.15) is 10.5 Å². The van der Waals surface area contributed by atoms with E-state index < -0.39 is 0 Å². The monoisotopic (exact) mass is 324 g/mol. The maximum absolute atomic E-state index is 12.1. The lowest BCUT2D eigenvalue weighted by Crippen LogP contribution is -2.14. The Morgan fingerprint density at radius 3 is 2.26 bits per heavy atom. The normalized spacial score (nSPS) is 10.1. The van der Waals surface area contributed by atoms with Crippen LogP contribution < -0.4 is 10.6 Å². The topological polar surface area (TPSA) is 66.9 Å². The van der Waals surface area contributed by atoms with Crippen LogP contribution in [-0.4, -0.2) is 15.9 Å². The van der Waals surface area contributed by atoms with Gasteiger partial charge in [-0.25, -0.2) is 9.97 Å². The van der Waals surface area contributed by atoms with E-state index in [9.17, 15) is 4.79 Å². The number of amides is 1. The fourth-order valence-corrected chi connectivity index (χ4v) is 2.03. The van der Waals surface area contributed by atoms with E-state index in [1.807, 2.05) is 42.5 Å². The van der Waals surface area contributed by atoms with Crippen molar-refractivity contribution in [3.05, 3.63) is 77.7 Å². The van der Waals surface area contributed by atoms with Gasteiger partial charge in [0, 0.05) is 16.4 Å². The van der Waals surface area contributed by atoms with Gasteiger partial charge in [-0.1, -0.05) is 29.8 Å². The first-order valence-corrected chi connectivity index (χ1v) is 7.29. The number of carbonyl (C=O) groups is 1. The summed E-state index contributed by atoms with van der Waals surface area (Å²) in [6, 6.07) is 16.4. The number of nitrogens with zero attached hydrogens (tertiary/aromatic N) is 2. The third kappa shape index (κ3) is 4.05. The number of halogens is 1. The Morgan fingerprint density at radius 1 is 0.870 bits per heavy atom. The molecule has 0 aliphatic rings. The summed E-state index contributed by atoms with van der Waals surface area (Å²) in [6.45, 7) is 0. The summed E-state index contributed by atoms with van der Waals surface area (Å²) < 4.78 is 0. The first-order valence-electron chi connectivity index (χ1n) is 6.92. The van der Waals surface area contributed by atoms with Crippen LogP contribution in [0.4, 0.5) is 17.2 Å². The lowest BCUT2D eigenvalue weighted by atomic mass is 10.3. The zero-order valence-corrected chi connectivity index (χ0v) is 12.8. The standard InChI is InChI=1S/C17H13ClN4O/c18-12-6-8-14(9-7-12)21-16-11-19-15(10-20-16)17(23)22-13-4-2-1-3-5-13/h1-11H,(H,20,21)(H,22,23). The maximum Gasteiger partial charge on any atom is 0.275 e. The molecule has 0 aliphatic carbocycles. The third-order valence-electron chi connectivity index (χ3n) is 3.03. The number of nitrogens with one attached hydrogen (secondary N) is 2. The largest absolute Gasteiger partial charge is 0.339 e. The molecular formula is C17H13ClN4O. The summed E-state index contributed by atoms with van der Waals surface area (Å²) in [7, 11) is 0. The second-order valence-corrected chi connectivity index (χ2v) is 5.18. The van der Waals surface area contributed by atoms with Crippen molar-refractivity contribution in [3.8, 4) is 0 Å². The van der Waals surface area contributed by atoms with Crippen LogP contribution in [-0.2, 0) is 0 Å². The van der Waals surface area contributed by atoms with Gasteiger partial charge in [-0.05, 0) is 36.4 Å². The number of rotatable bonds is 4. The Morgan fingerprint density at radius 2 is 1.61 bits per heavy atom. The molecule has 3 aromatic rings. The third-order valence-corrected chi connectivity index (χ3v) is 3.28. The molecule has 2 N–H and O–H groups in total. The number of hydrogen-bond acceptors (Lipinski definition) is 4. The number of hydrogen-bond donors (Lipinski definition) is 2. The van der Waals surface area contributed by atoms with Crippen LogP contribution in [0.2, 0.25) is 5.02 Å². The van der Waals surface area contributed by atoms with Crippen LogP contribution in [0, 0.1) is 0 Å². The van der Waals surface area contributed by atoms with Crippen LogP contribution in [0.25, 0.3) is 0 Å². The van der Waals surface area contributed by atoms with E-state index in [1.165, 1.54) is 12.4 Å². The number of para-hydroxylation sites is 1. The molecule has 5 nitrogen and oxygen atoms in total. The van der Waals surface area contributed by atoms with E-state index in [2.05, 4.69) is 20.6 Å². The van der Waals surface area contributed by atoms with E-state index >= 15 is 0 Å². The summed E-state index contributed by atoms with van der Waals surface area (Å²) in [5.41, 5.74) is 1.79. The fourth-order valence-electron chi connectivity index (χ4n) is 1.91. The molecule has 2 aromatic carbocycles. The van der Waals surface area contributed by atoms with E-state index in [4.69, 9.17) is 11.6 Å². The molecule has 1 heterocycles. The highest BCUT2D eigenvalue weighted by atomic mass is 35.5. The van der Waals surface area contributed by atoms with Crippen molar-refractivity contribution < 1.29 is 4.79 Å². The van der Waals surface area contributed by atoms with Crippen molar-refractivity contribution >= 4 is 34.7 Å². The molecule has 1 amide bonds. The van der Waals surface area contributed by atoms with Crippen LogP contribution in [0.15, 0.2) is 67.0 Å². The average Bonchev–Trinajstić information content (AvgIpc) is 2.58. The van der Waals surface area contributed by atoms with Crippen molar-refractivity contribution in [3.63, 3.8) is 0 Å². The predicted molar refractivity (Wildman–Crippen MR) is 91.2 cm³/mol. The molecule has 0 aliphatic heterocycles. The summed E-state index contributed by atoms with van der Waals surface area (Å²) in [5, 5.41) is 6.50. The molecule has 1 aromatic heterocycles. The molecule has 23 heavy (non-hydrogen) atoms. The molecule has 114 valence electrons. The molecule has 0 atom stereocenters. The molecule has 0 fully saturated rings. The van der Waals surface area contributed by atoms with Crippen LogP contribution in [0.5, 0.6) is 0 Å². The van der Waals surface area contributed by atoms with Gasteiger partial charge in [-0.2, -0.15) is 0 Å². The quantitative estimate of drug-likeness (QED) is 0.757. The maximum atomic E-state index is 12.1.